The largest absolute Gasteiger partial charge is 0.504 e. The third kappa shape index (κ3) is 2.48. The van der Waals surface area contributed by atoms with Gasteiger partial charge in [0.2, 0.25) is 0 Å². The van der Waals surface area contributed by atoms with Crippen LogP contribution in [0.15, 0.2) is 48.8 Å². The fourth-order valence-corrected chi connectivity index (χ4v) is 2.56. The first-order chi connectivity index (χ1) is 10.6. The van der Waals surface area contributed by atoms with E-state index >= 15 is 0 Å². The molecule has 1 N–H and O–H groups in total. The number of benzene rings is 1. The summed E-state index contributed by atoms with van der Waals surface area (Å²) in [4.78, 5) is 4.13. The van der Waals surface area contributed by atoms with Crippen LogP contribution in [0.5, 0.6) is 5.75 Å². The number of rotatable bonds is 3. The number of hydrogen-bond donors (Lipinski definition) is 1. The number of hydrogen-bond acceptors (Lipinski definition) is 3. The van der Waals surface area contributed by atoms with E-state index in [2.05, 4.69) is 23.9 Å². The van der Waals surface area contributed by atoms with Gasteiger partial charge in [-0.25, -0.2) is 0 Å². The van der Waals surface area contributed by atoms with E-state index in [1.54, 1.807) is 6.20 Å². The maximum absolute atomic E-state index is 10.3. The molecule has 0 fully saturated rings. The molecule has 0 spiro atoms. The molecule has 0 bridgehead atoms. The highest BCUT2D eigenvalue weighted by Gasteiger charge is 2.16. The lowest BCUT2D eigenvalue weighted by Crippen LogP contribution is -2.04. The molecule has 4 heteroatoms. The van der Waals surface area contributed by atoms with Gasteiger partial charge >= 0.3 is 0 Å². The fourth-order valence-electron chi connectivity index (χ4n) is 2.56. The Hall–Kier alpha value is -2.62. The zero-order valence-corrected chi connectivity index (χ0v) is 13.0. The number of aromatic nitrogens is 3. The molecule has 1 aromatic carbocycles. The van der Waals surface area contributed by atoms with Gasteiger partial charge in [-0.3, -0.25) is 9.67 Å². The summed E-state index contributed by atoms with van der Waals surface area (Å²) in [6.07, 6.45) is 3.60. The fraction of sp³-hybridized carbons (Fsp3) is 0.222. The summed E-state index contributed by atoms with van der Waals surface area (Å²) in [5.74, 6) is 0.253. The van der Waals surface area contributed by atoms with Crippen molar-refractivity contribution in [1.82, 2.24) is 14.8 Å². The molecule has 4 nitrogen and oxygen atoms in total. The molecule has 3 aromatic rings. The van der Waals surface area contributed by atoms with Crippen molar-refractivity contribution in [2.45, 2.75) is 26.8 Å². The summed E-state index contributed by atoms with van der Waals surface area (Å²) < 4.78 is 1.85. The molecular formula is C18H19N3O. The molecule has 2 aromatic heterocycles. The Kier molecular flexibility index (Phi) is 3.67. The molecule has 22 heavy (non-hydrogen) atoms. The Morgan fingerprint density at radius 1 is 1.00 bits per heavy atom. The molecule has 0 saturated heterocycles. The number of nitrogens with zero attached hydrogens (tertiary/aromatic N) is 3. The smallest absolute Gasteiger partial charge is 0.164 e. The van der Waals surface area contributed by atoms with Gasteiger partial charge in [0.15, 0.2) is 5.75 Å². The van der Waals surface area contributed by atoms with Crippen molar-refractivity contribution >= 4 is 0 Å². The van der Waals surface area contributed by atoms with Crippen LogP contribution < -0.4 is 0 Å². The Bertz CT molecular complexity index is 774. The molecule has 2 heterocycles. The molecule has 3 rings (SSSR count). The SMILES string of the molecule is Cc1c(O)c(-c2ccc(-c3cccnc3)cc2)nn1C(C)C. The van der Waals surface area contributed by atoms with Crippen LogP contribution in [0.25, 0.3) is 22.4 Å². The van der Waals surface area contributed by atoms with Crippen LogP contribution in [0.3, 0.4) is 0 Å². The van der Waals surface area contributed by atoms with Crippen LogP contribution in [0.2, 0.25) is 0 Å². The number of pyridine rings is 1. The van der Waals surface area contributed by atoms with E-state index in [1.165, 1.54) is 0 Å². The van der Waals surface area contributed by atoms with Crippen LogP contribution >= 0.6 is 0 Å². The van der Waals surface area contributed by atoms with Crippen molar-refractivity contribution < 1.29 is 5.11 Å². The van der Waals surface area contributed by atoms with Gasteiger partial charge in [-0.1, -0.05) is 30.3 Å². The van der Waals surface area contributed by atoms with Gasteiger partial charge in [0.05, 0.1) is 5.69 Å². The van der Waals surface area contributed by atoms with E-state index in [0.29, 0.717) is 5.69 Å². The summed E-state index contributed by atoms with van der Waals surface area (Å²) in [6.45, 7) is 5.99. The van der Waals surface area contributed by atoms with Gasteiger partial charge in [0, 0.05) is 24.0 Å². The lowest BCUT2D eigenvalue weighted by atomic mass is 10.0. The molecule has 0 radical (unpaired) electrons. The summed E-state index contributed by atoms with van der Waals surface area (Å²) in [5, 5.41) is 14.8. The van der Waals surface area contributed by atoms with Gasteiger partial charge in [-0.2, -0.15) is 5.10 Å². The number of aromatic hydroxyl groups is 1. The van der Waals surface area contributed by atoms with Gasteiger partial charge < -0.3 is 5.11 Å². The highest BCUT2D eigenvalue weighted by atomic mass is 16.3. The monoisotopic (exact) mass is 293 g/mol. The van der Waals surface area contributed by atoms with Crippen LogP contribution in [0.1, 0.15) is 25.6 Å². The zero-order valence-electron chi connectivity index (χ0n) is 13.0. The summed E-state index contributed by atoms with van der Waals surface area (Å²) >= 11 is 0. The maximum atomic E-state index is 10.3. The van der Waals surface area contributed by atoms with Crippen molar-refractivity contribution in [3.8, 4) is 28.1 Å². The van der Waals surface area contributed by atoms with Crippen molar-refractivity contribution in [2.24, 2.45) is 0 Å². The Balaban J connectivity index is 1.99. The molecule has 0 amide bonds. The van der Waals surface area contributed by atoms with Crippen molar-refractivity contribution in [1.29, 1.82) is 0 Å². The van der Waals surface area contributed by atoms with Gasteiger partial charge in [-0.05, 0) is 38.0 Å². The molecule has 0 unspecified atom stereocenters. The van der Waals surface area contributed by atoms with Gasteiger partial charge in [0.25, 0.3) is 0 Å². The summed E-state index contributed by atoms with van der Waals surface area (Å²) in [7, 11) is 0. The van der Waals surface area contributed by atoms with Crippen molar-refractivity contribution in [3.63, 3.8) is 0 Å². The maximum Gasteiger partial charge on any atom is 0.164 e. The Morgan fingerprint density at radius 3 is 2.23 bits per heavy atom. The summed E-state index contributed by atoms with van der Waals surface area (Å²) in [5.41, 5.74) is 4.50. The molecule has 112 valence electrons. The van der Waals surface area contributed by atoms with E-state index in [0.717, 1.165) is 22.4 Å². The molecule has 0 saturated carbocycles. The van der Waals surface area contributed by atoms with Gasteiger partial charge in [-0.15, -0.1) is 0 Å². The minimum absolute atomic E-state index is 0.217. The minimum atomic E-state index is 0.217. The van der Waals surface area contributed by atoms with Crippen LogP contribution in [-0.4, -0.2) is 19.9 Å². The van der Waals surface area contributed by atoms with Crippen molar-refractivity contribution in [3.05, 3.63) is 54.5 Å². The van der Waals surface area contributed by atoms with E-state index < -0.39 is 0 Å². The van der Waals surface area contributed by atoms with E-state index in [4.69, 9.17) is 0 Å². The Labute approximate surface area is 130 Å². The minimum Gasteiger partial charge on any atom is -0.504 e. The van der Waals surface area contributed by atoms with Crippen LogP contribution in [-0.2, 0) is 0 Å². The average Bonchev–Trinajstić information content (AvgIpc) is 2.85. The van der Waals surface area contributed by atoms with E-state index in [-0.39, 0.29) is 11.8 Å². The third-order valence-corrected chi connectivity index (χ3v) is 3.76. The first-order valence-corrected chi connectivity index (χ1v) is 7.37. The van der Waals surface area contributed by atoms with Crippen LogP contribution in [0.4, 0.5) is 0 Å². The lowest BCUT2D eigenvalue weighted by molar-refractivity contribution is 0.461. The topological polar surface area (TPSA) is 50.9 Å². The summed E-state index contributed by atoms with van der Waals surface area (Å²) in [6, 6.07) is 12.2. The van der Waals surface area contributed by atoms with E-state index in [1.807, 2.05) is 54.2 Å². The normalized spacial score (nSPS) is 11.1. The quantitative estimate of drug-likeness (QED) is 0.787. The van der Waals surface area contributed by atoms with E-state index in [9.17, 15) is 5.11 Å². The highest BCUT2D eigenvalue weighted by Crippen LogP contribution is 2.33. The molecule has 0 aliphatic rings. The zero-order chi connectivity index (χ0) is 15.7. The van der Waals surface area contributed by atoms with Gasteiger partial charge in [0.1, 0.15) is 5.69 Å². The first kappa shape index (κ1) is 14.3. The second kappa shape index (κ2) is 5.64. The predicted molar refractivity (Wildman–Crippen MR) is 87.7 cm³/mol. The molecule has 0 aliphatic carbocycles. The Morgan fingerprint density at radius 2 is 1.68 bits per heavy atom. The third-order valence-electron chi connectivity index (χ3n) is 3.76. The molecule has 0 atom stereocenters. The predicted octanol–water partition coefficient (Wildman–Crippen LogP) is 4.21. The van der Waals surface area contributed by atoms with Crippen LogP contribution in [0, 0.1) is 6.92 Å². The second-order valence-corrected chi connectivity index (χ2v) is 5.64. The molecule has 0 aliphatic heterocycles. The second-order valence-electron chi connectivity index (χ2n) is 5.64. The van der Waals surface area contributed by atoms with Crippen molar-refractivity contribution in [2.75, 3.05) is 0 Å². The first-order valence-electron chi connectivity index (χ1n) is 7.37. The average molecular weight is 293 g/mol. The molecular weight excluding hydrogens is 274 g/mol. The lowest BCUT2D eigenvalue weighted by Gasteiger charge is -2.06. The standard InChI is InChI=1S/C18H19N3O/c1-12(2)21-13(3)18(22)17(20-21)15-8-6-14(7-9-15)16-5-4-10-19-11-16/h4-12,22H,1-3H3. The highest BCUT2D eigenvalue weighted by molar-refractivity contribution is 5.71.